The van der Waals surface area contributed by atoms with Crippen molar-refractivity contribution in [2.45, 2.75) is 38.8 Å². The lowest BCUT2D eigenvalue weighted by Gasteiger charge is -2.35. The van der Waals surface area contributed by atoms with Crippen molar-refractivity contribution in [3.8, 4) is 0 Å². The number of hydrogen-bond acceptors (Lipinski definition) is 4. The van der Waals surface area contributed by atoms with Gasteiger partial charge in [0.25, 0.3) is 0 Å². The van der Waals surface area contributed by atoms with E-state index in [4.69, 9.17) is 4.52 Å². The molecule has 1 aromatic heterocycles. The summed E-state index contributed by atoms with van der Waals surface area (Å²) in [5, 5.41) is 14.4. The Kier molecular flexibility index (Phi) is 5.08. The van der Waals surface area contributed by atoms with E-state index < -0.39 is 6.10 Å². The van der Waals surface area contributed by atoms with Gasteiger partial charge in [0.1, 0.15) is 5.82 Å². The van der Waals surface area contributed by atoms with Gasteiger partial charge in [-0.15, -0.1) is 0 Å². The highest BCUT2D eigenvalue weighted by molar-refractivity contribution is 5.18. The van der Waals surface area contributed by atoms with Gasteiger partial charge in [-0.05, 0) is 43.4 Å². The number of aryl methyl sites for hydroxylation is 1. The molecule has 0 bridgehead atoms. The van der Waals surface area contributed by atoms with Crippen LogP contribution in [0.1, 0.15) is 30.4 Å². The minimum Gasteiger partial charge on any atom is -0.391 e. The van der Waals surface area contributed by atoms with E-state index in [2.05, 4.69) is 10.1 Å². The lowest BCUT2D eigenvalue weighted by molar-refractivity contribution is 0.0155. The molecular formula is C18H23FN2O2. The lowest BCUT2D eigenvalue weighted by atomic mass is 9.87. The molecular weight excluding hydrogens is 295 g/mol. The fraction of sp³-hybridized carbons (Fsp3) is 0.500. The van der Waals surface area contributed by atoms with Gasteiger partial charge in [0.15, 0.2) is 5.76 Å². The summed E-state index contributed by atoms with van der Waals surface area (Å²) in [6.45, 7) is 4.16. The van der Waals surface area contributed by atoms with Crippen LogP contribution in [0.2, 0.25) is 0 Å². The number of hydrogen-bond donors (Lipinski definition) is 1. The fourth-order valence-electron chi connectivity index (χ4n) is 3.19. The van der Waals surface area contributed by atoms with Crippen molar-refractivity contribution in [2.75, 3.05) is 13.1 Å². The number of rotatable bonds is 5. The summed E-state index contributed by atoms with van der Waals surface area (Å²) in [7, 11) is 0. The predicted molar refractivity (Wildman–Crippen MR) is 85.4 cm³/mol. The molecule has 23 heavy (non-hydrogen) atoms. The standard InChI is InChI=1S/C18H23FN2O2/c1-2-15-10-16(23-20-15)11-21-8-7-14(18(22)12-21)9-13-5-3-4-6-17(13)19/h3-6,10,14,18,22H,2,7-9,11-12H2,1H3/t14-,18+/m1/s1. The van der Waals surface area contributed by atoms with E-state index in [0.29, 0.717) is 25.1 Å². The number of halogens is 1. The van der Waals surface area contributed by atoms with Crippen molar-refractivity contribution in [3.05, 3.63) is 53.2 Å². The minimum atomic E-state index is -0.447. The van der Waals surface area contributed by atoms with Gasteiger partial charge in [-0.25, -0.2) is 4.39 Å². The number of aliphatic hydroxyl groups is 1. The molecule has 1 saturated heterocycles. The quantitative estimate of drug-likeness (QED) is 0.921. The van der Waals surface area contributed by atoms with Crippen LogP contribution in [0.3, 0.4) is 0 Å². The number of aliphatic hydroxyl groups excluding tert-OH is 1. The second-order valence-electron chi connectivity index (χ2n) is 6.28. The molecule has 2 atom stereocenters. The summed E-state index contributed by atoms with van der Waals surface area (Å²) in [5.41, 5.74) is 1.64. The maximum atomic E-state index is 13.8. The summed E-state index contributed by atoms with van der Waals surface area (Å²) in [4.78, 5) is 2.17. The first-order valence-electron chi connectivity index (χ1n) is 8.24. The summed E-state index contributed by atoms with van der Waals surface area (Å²) in [6.07, 6.45) is 1.85. The topological polar surface area (TPSA) is 49.5 Å². The van der Waals surface area contributed by atoms with Crippen molar-refractivity contribution in [1.29, 1.82) is 0 Å². The molecule has 0 spiro atoms. The number of benzene rings is 1. The first-order chi connectivity index (χ1) is 11.2. The van der Waals surface area contributed by atoms with Gasteiger partial charge in [0.05, 0.1) is 18.3 Å². The Morgan fingerprint density at radius 2 is 2.22 bits per heavy atom. The zero-order valence-electron chi connectivity index (χ0n) is 13.4. The summed E-state index contributed by atoms with van der Waals surface area (Å²) in [5.74, 6) is 0.751. The molecule has 0 amide bonds. The second kappa shape index (κ2) is 7.23. The molecule has 1 N–H and O–H groups in total. The minimum absolute atomic E-state index is 0.101. The molecule has 2 aromatic rings. The van der Waals surface area contributed by atoms with Crippen molar-refractivity contribution in [1.82, 2.24) is 10.1 Å². The highest BCUT2D eigenvalue weighted by Crippen LogP contribution is 2.24. The molecule has 0 saturated carbocycles. The molecule has 0 aliphatic carbocycles. The molecule has 0 radical (unpaired) electrons. The lowest BCUT2D eigenvalue weighted by Crippen LogP contribution is -2.44. The Morgan fingerprint density at radius 1 is 1.39 bits per heavy atom. The van der Waals surface area contributed by atoms with Gasteiger partial charge in [0, 0.05) is 12.6 Å². The molecule has 4 nitrogen and oxygen atoms in total. The summed E-state index contributed by atoms with van der Waals surface area (Å²) in [6, 6.07) is 8.79. The Hall–Kier alpha value is -1.72. The van der Waals surface area contributed by atoms with Crippen molar-refractivity contribution < 1.29 is 14.0 Å². The second-order valence-corrected chi connectivity index (χ2v) is 6.28. The summed E-state index contributed by atoms with van der Waals surface area (Å²) >= 11 is 0. The van der Waals surface area contributed by atoms with Crippen LogP contribution >= 0.6 is 0 Å². The van der Waals surface area contributed by atoms with Gasteiger partial charge in [0.2, 0.25) is 0 Å². The van der Waals surface area contributed by atoms with Crippen LogP contribution in [0.5, 0.6) is 0 Å². The van der Waals surface area contributed by atoms with Crippen LogP contribution < -0.4 is 0 Å². The maximum absolute atomic E-state index is 13.8. The highest BCUT2D eigenvalue weighted by atomic mass is 19.1. The Balaban J connectivity index is 1.56. The zero-order chi connectivity index (χ0) is 16.2. The van der Waals surface area contributed by atoms with Gasteiger partial charge < -0.3 is 9.63 Å². The van der Waals surface area contributed by atoms with E-state index in [1.807, 2.05) is 19.1 Å². The van der Waals surface area contributed by atoms with E-state index in [-0.39, 0.29) is 11.7 Å². The van der Waals surface area contributed by atoms with Crippen molar-refractivity contribution >= 4 is 0 Å². The maximum Gasteiger partial charge on any atom is 0.150 e. The third-order valence-corrected chi connectivity index (χ3v) is 4.59. The van der Waals surface area contributed by atoms with Crippen molar-refractivity contribution in [2.24, 2.45) is 5.92 Å². The van der Waals surface area contributed by atoms with E-state index in [0.717, 1.165) is 30.8 Å². The van der Waals surface area contributed by atoms with Crippen LogP contribution in [0.25, 0.3) is 0 Å². The average Bonchev–Trinajstić information content (AvgIpc) is 2.99. The molecule has 124 valence electrons. The van der Waals surface area contributed by atoms with Gasteiger partial charge in [-0.3, -0.25) is 4.90 Å². The molecule has 0 unspecified atom stereocenters. The van der Waals surface area contributed by atoms with Crippen LogP contribution in [0.15, 0.2) is 34.9 Å². The molecule has 2 heterocycles. The molecule has 3 rings (SSSR count). The largest absolute Gasteiger partial charge is 0.391 e. The van der Waals surface area contributed by atoms with E-state index >= 15 is 0 Å². The Labute approximate surface area is 135 Å². The number of nitrogens with zero attached hydrogens (tertiary/aromatic N) is 2. The van der Waals surface area contributed by atoms with Crippen LogP contribution in [-0.2, 0) is 19.4 Å². The smallest absolute Gasteiger partial charge is 0.150 e. The average molecular weight is 318 g/mol. The molecule has 1 aliphatic heterocycles. The molecule has 1 fully saturated rings. The number of likely N-dealkylation sites (tertiary alicyclic amines) is 1. The van der Waals surface area contributed by atoms with E-state index in [9.17, 15) is 9.50 Å². The Morgan fingerprint density at radius 3 is 2.91 bits per heavy atom. The first kappa shape index (κ1) is 16.1. The number of β-amino-alcohol motifs (C(OH)–C–C–N with tert-alkyl or cyclic N) is 1. The number of aromatic nitrogens is 1. The third kappa shape index (κ3) is 3.98. The van der Waals surface area contributed by atoms with E-state index in [1.165, 1.54) is 6.07 Å². The number of piperidine rings is 1. The zero-order valence-corrected chi connectivity index (χ0v) is 13.4. The monoisotopic (exact) mass is 318 g/mol. The SMILES string of the molecule is CCc1cc(CN2CC[C@H](Cc3ccccc3F)[C@@H](O)C2)on1. The van der Waals surface area contributed by atoms with Gasteiger partial charge >= 0.3 is 0 Å². The van der Waals surface area contributed by atoms with Crippen LogP contribution in [0, 0.1) is 11.7 Å². The van der Waals surface area contributed by atoms with E-state index in [1.54, 1.807) is 12.1 Å². The third-order valence-electron chi connectivity index (χ3n) is 4.59. The van der Waals surface area contributed by atoms with Crippen molar-refractivity contribution in [3.63, 3.8) is 0 Å². The molecule has 1 aliphatic rings. The predicted octanol–water partition coefficient (Wildman–Crippen LogP) is 2.80. The molecule has 5 heteroatoms. The fourth-order valence-corrected chi connectivity index (χ4v) is 3.19. The van der Waals surface area contributed by atoms with Crippen LogP contribution in [-0.4, -0.2) is 34.4 Å². The highest BCUT2D eigenvalue weighted by Gasteiger charge is 2.28. The van der Waals surface area contributed by atoms with Gasteiger partial charge in [-0.2, -0.15) is 0 Å². The summed E-state index contributed by atoms with van der Waals surface area (Å²) < 4.78 is 19.1. The molecule has 1 aromatic carbocycles. The van der Waals surface area contributed by atoms with Crippen LogP contribution in [0.4, 0.5) is 4.39 Å². The van der Waals surface area contributed by atoms with Gasteiger partial charge in [-0.1, -0.05) is 30.3 Å². The first-order valence-corrected chi connectivity index (χ1v) is 8.24. The normalized spacial score (nSPS) is 22.4. The Bertz CT molecular complexity index is 643.